The van der Waals surface area contributed by atoms with Crippen molar-refractivity contribution in [2.24, 2.45) is 0 Å². The van der Waals surface area contributed by atoms with Gasteiger partial charge < -0.3 is 14.2 Å². The number of hydrogen-bond acceptors (Lipinski definition) is 5. The lowest BCUT2D eigenvalue weighted by Gasteiger charge is -2.17. The van der Waals surface area contributed by atoms with Gasteiger partial charge >= 0.3 is 0 Å². The van der Waals surface area contributed by atoms with E-state index in [1.807, 2.05) is 55.5 Å². The highest BCUT2D eigenvalue weighted by Crippen LogP contribution is 2.17. The van der Waals surface area contributed by atoms with Gasteiger partial charge in [-0.25, -0.2) is 0 Å². The molecular formula is C21H22BrN3O3. The second kappa shape index (κ2) is 9.50. The van der Waals surface area contributed by atoms with E-state index >= 15 is 0 Å². The van der Waals surface area contributed by atoms with Gasteiger partial charge in [-0.1, -0.05) is 50.9 Å². The number of ether oxygens (including phenoxy) is 1. The average molecular weight is 444 g/mol. The number of rotatable bonds is 8. The van der Waals surface area contributed by atoms with E-state index in [2.05, 4.69) is 26.1 Å². The predicted molar refractivity (Wildman–Crippen MR) is 110 cm³/mol. The molecule has 0 N–H and O–H groups in total. The second-order valence-corrected chi connectivity index (χ2v) is 7.41. The zero-order chi connectivity index (χ0) is 19.9. The van der Waals surface area contributed by atoms with Crippen molar-refractivity contribution in [1.29, 1.82) is 0 Å². The standard InChI is InChI=1S/C21H22BrN3O3/c1-15-3-5-16(6-4-15)21-23-19(28-24-21)11-12-20(26)25(2)13-14-27-18-9-7-17(22)8-10-18/h3-10H,11-14H2,1-2H3. The van der Waals surface area contributed by atoms with Gasteiger partial charge in [-0.15, -0.1) is 0 Å². The van der Waals surface area contributed by atoms with E-state index in [1.54, 1.807) is 11.9 Å². The van der Waals surface area contributed by atoms with Crippen molar-refractivity contribution in [3.05, 3.63) is 64.5 Å². The molecule has 0 radical (unpaired) electrons. The lowest BCUT2D eigenvalue weighted by atomic mass is 10.1. The van der Waals surface area contributed by atoms with Crippen LogP contribution in [0.1, 0.15) is 17.9 Å². The van der Waals surface area contributed by atoms with Gasteiger partial charge in [-0.05, 0) is 31.2 Å². The Labute approximate surface area is 172 Å². The number of halogens is 1. The quantitative estimate of drug-likeness (QED) is 0.519. The Balaban J connectivity index is 1.43. The third-order valence-electron chi connectivity index (χ3n) is 4.27. The Hall–Kier alpha value is -2.67. The molecule has 6 nitrogen and oxygen atoms in total. The smallest absolute Gasteiger partial charge is 0.227 e. The van der Waals surface area contributed by atoms with E-state index in [-0.39, 0.29) is 5.91 Å². The molecule has 3 aromatic rings. The maximum absolute atomic E-state index is 12.3. The number of nitrogens with zero attached hydrogens (tertiary/aromatic N) is 3. The summed E-state index contributed by atoms with van der Waals surface area (Å²) in [5, 5.41) is 3.99. The SMILES string of the molecule is Cc1ccc(-c2noc(CCC(=O)N(C)CCOc3ccc(Br)cc3)n2)cc1. The monoisotopic (exact) mass is 443 g/mol. The van der Waals surface area contributed by atoms with Crippen LogP contribution in [0.3, 0.4) is 0 Å². The summed E-state index contributed by atoms with van der Waals surface area (Å²) in [4.78, 5) is 18.3. The van der Waals surface area contributed by atoms with Gasteiger partial charge in [0.05, 0.1) is 6.54 Å². The van der Waals surface area contributed by atoms with Crippen LogP contribution in [-0.4, -0.2) is 41.1 Å². The Morgan fingerprint density at radius 3 is 2.57 bits per heavy atom. The van der Waals surface area contributed by atoms with E-state index < -0.39 is 0 Å². The van der Waals surface area contributed by atoms with Gasteiger partial charge in [0.15, 0.2) is 0 Å². The zero-order valence-corrected chi connectivity index (χ0v) is 17.5. The minimum absolute atomic E-state index is 0.00879. The molecule has 1 heterocycles. The van der Waals surface area contributed by atoms with E-state index in [0.29, 0.717) is 37.7 Å². The molecule has 0 aliphatic carbocycles. The molecule has 0 saturated heterocycles. The molecule has 3 rings (SSSR count). The number of carbonyl (C=O) groups excluding carboxylic acids is 1. The van der Waals surface area contributed by atoms with E-state index in [1.165, 1.54) is 5.56 Å². The van der Waals surface area contributed by atoms with Gasteiger partial charge in [-0.3, -0.25) is 4.79 Å². The summed E-state index contributed by atoms with van der Waals surface area (Å²) in [5.41, 5.74) is 2.07. The first kappa shape index (κ1) is 20.1. The van der Waals surface area contributed by atoms with Crippen LogP contribution in [0, 0.1) is 6.92 Å². The zero-order valence-electron chi connectivity index (χ0n) is 15.9. The molecule has 0 saturated carbocycles. The molecule has 28 heavy (non-hydrogen) atoms. The van der Waals surface area contributed by atoms with E-state index in [4.69, 9.17) is 9.26 Å². The summed E-state index contributed by atoms with van der Waals surface area (Å²) < 4.78 is 11.9. The van der Waals surface area contributed by atoms with Crippen LogP contribution in [0.5, 0.6) is 5.75 Å². The molecule has 0 atom stereocenters. The summed E-state index contributed by atoms with van der Waals surface area (Å²) in [6, 6.07) is 15.5. The number of aromatic nitrogens is 2. The molecule has 7 heteroatoms. The summed E-state index contributed by atoms with van der Waals surface area (Å²) >= 11 is 3.38. The Bertz CT molecular complexity index is 907. The highest BCUT2D eigenvalue weighted by Gasteiger charge is 2.13. The fourth-order valence-corrected chi connectivity index (χ4v) is 2.80. The van der Waals surface area contributed by atoms with Crippen molar-refractivity contribution in [2.45, 2.75) is 19.8 Å². The first-order chi connectivity index (χ1) is 13.5. The normalized spacial score (nSPS) is 10.7. The number of hydrogen-bond donors (Lipinski definition) is 0. The molecule has 0 aliphatic rings. The van der Waals surface area contributed by atoms with Crippen molar-refractivity contribution in [3.8, 4) is 17.1 Å². The molecule has 0 fully saturated rings. The molecular weight excluding hydrogens is 422 g/mol. The largest absolute Gasteiger partial charge is 0.492 e. The molecule has 0 bridgehead atoms. The fraction of sp³-hybridized carbons (Fsp3) is 0.286. The molecule has 1 amide bonds. The molecule has 1 aromatic heterocycles. The van der Waals surface area contributed by atoms with Crippen LogP contribution in [-0.2, 0) is 11.2 Å². The van der Waals surface area contributed by atoms with Gasteiger partial charge in [0.25, 0.3) is 0 Å². The van der Waals surface area contributed by atoms with Gasteiger partial charge in [0.2, 0.25) is 17.6 Å². The Kier molecular flexibility index (Phi) is 6.81. The lowest BCUT2D eigenvalue weighted by Crippen LogP contribution is -2.31. The number of benzene rings is 2. The third-order valence-corrected chi connectivity index (χ3v) is 4.79. The van der Waals surface area contributed by atoms with Crippen LogP contribution in [0.25, 0.3) is 11.4 Å². The Morgan fingerprint density at radius 2 is 1.86 bits per heavy atom. The van der Waals surface area contributed by atoms with Gasteiger partial charge in [0, 0.05) is 29.9 Å². The first-order valence-electron chi connectivity index (χ1n) is 9.03. The van der Waals surface area contributed by atoms with Crippen LogP contribution in [0.2, 0.25) is 0 Å². The first-order valence-corrected chi connectivity index (χ1v) is 9.82. The minimum atomic E-state index is 0.00879. The highest BCUT2D eigenvalue weighted by atomic mass is 79.9. The van der Waals surface area contributed by atoms with Crippen molar-refractivity contribution in [2.75, 3.05) is 20.2 Å². The highest BCUT2D eigenvalue weighted by molar-refractivity contribution is 9.10. The number of aryl methyl sites for hydroxylation is 2. The number of likely N-dealkylation sites (N-methyl/N-ethyl adjacent to an activating group) is 1. The summed E-state index contributed by atoms with van der Waals surface area (Å²) in [6.07, 6.45) is 0.722. The Morgan fingerprint density at radius 1 is 1.14 bits per heavy atom. The molecule has 0 unspecified atom stereocenters. The minimum Gasteiger partial charge on any atom is -0.492 e. The van der Waals surface area contributed by atoms with Crippen molar-refractivity contribution in [3.63, 3.8) is 0 Å². The van der Waals surface area contributed by atoms with Gasteiger partial charge in [0.1, 0.15) is 12.4 Å². The van der Waals surface area contributed by atoms with E-state index in [0.717, 1.165) is 15.8 Å². The predicted octanol–water partition coefficient (Wildman–Crippen LogP) is 4.28. The van der Waals surface area contributed by atoms with Crippen LogP contribution < -0.4 is 4.74 Å². The molecule has 146 valence electrons. The van der Waals surface area contributed by atoms with Crippen LogP contribution >= 0.6 is 15.9 Å². The summed E-state index contributed by atoms with van der Waals surface area (Å²) in [5.74, 6) is 1.79. The van der Waals surface area contributed by atoms with Crippen LogP contribution in [0.15, 0.2) is 57.5 Å². The average Bonchev–Trinajstić information content (AvgIpc) is 3.17. The maximum atomic E-state index is 12.3. The summed E-state index contributed by atoms with van der Waals surface area (Å²) in [7, 11) is 1.76. The van der Waals surface area contributed by atoms with Crippen molar-refractivity contribution >= 4 is 21.8 Å². The summed E-state index contributed by atoms with van der Waals surface area (Å²) in [6.45, 7) is 2.97. The molecule has 0 aliphatic heterocycles. The third kappa shape index (κ3) is 5.66. The lowest BCUT2D eigenvalue weighted by molar-refractivity contribution is -0.130. The fourth-order valence-electron chi connectivity index (χ4n) is 2.54. The number of carbonyl (C=O) groups is 1. The van der Waals surface area contributed by atoms with Gasteiger partial charge in [-0.2, -0.15) is 4.98 Å². The van der Waals surface area contributed by atoms with Crippen molar-refractivity contribution in [1.82, 2.24) is 15.0 Å². The van der Waals surface area contributed by atoms with Crippen molar-refractivity contribution < 1.29 is 14.1 Å². The van der Waals surface area contributed by atoms with Crippen LogP contribution in [0.4, 0.5) is 0 Å². The molecule has 0 spiro atoms. The number of amides is 1. The topological polar surface area (TPSA) is 68.5 Å². The van der Waals surface area contributed by atoms with E-state index in [9.17, 15) is 4.79 Å². The maximum Gasteiger partial charge on any atom is 0.227 e. The second-order valence-electron chi connectivity index (χ2n) is 6.50. The molecule has 2 aromatic carbocycles.